The van der Waals surface area contributed by atoms with Crippen molar-refractivity contribution in [2.24, 2.45) is 0 Å². The molecule has 0 saturated heterocycles. The summed E-state index contributed by atoms with van der Waals surface area (Å²) in [6.45, 7) is 4.81. The van der Waals surface area contributed by atoms with E-state index in [0.29, 0.717) is 5.28 Å². The van der Waals surface area contributed by atoms with Crippen LogP contribution >= 0.6 is 11.6 Å². The first-order valence-electron chi connectivity index (χ1n) is 5.46. The molecule has 1 heterocycles. The monoisotopic (exact) mass is 263 g/mol. The molecule has 0 amide bonds. The lowest BCUT2D eigenvalue weighted by Crippen LogP contribution is -2.14. The summed E-state index contributed by atoms with van der Waals surface area (Å²) in [6, 6.07) is 0. The van der Waals surface area contributed by atoms with Gasteiger partial charge < -0.3 is 4.57 Å². The minimum Gasteiger partial charge on any atom is -0.302 e. The van der Waals surface area contributed by atoms with E-state index in [-0.39, 0.29) is 5.25 Å². The van der Waals surface area contributed by atoms with Crippen LogP contribution < -0.4 is 0 Å². The number of nitrogens with zero attached hydrogens (tertiary/aromatic N) is 3. The van der Waals surface area contributed by atoms with Crippen LogP contribution in [0.2, 0.25) is 5.28 Å². The number of halogens is 1. The molecule has 0 bridgehead atoms. The normalized spacial score (nSPS) is 15.0. The predicted molar refractivity (Wildman–Crippen MR) is 67.2 cm³/mol. The smallest absolute Gasteiger partial charge is 0.225 e. The summed E-state index contributed by atoms with van der Waals surface area (Å²) in [5.41, 5.74) is 0. The van der Waals surface area contributed by atoms with Crippen molar-refractivity contribution in [3.05, 3.63) is 11.1 Å². The van der Waals surface area contributed by atoms with E-state index in [4.69, 9.17) is 11.6 Å². The van der Waals surface area contributed by atoms with E-state index < -0.39 is 10.8 Å². The standard InChI is InChI=1S/C10H18ClN3OS/c1-4-5-9-12-13-10(11)14(9)7-6-8(2)16(3)15/h8H,4-7H2,1-3H3. The second-order valence-electron chi connectivity index (χ2n) is 3.88. The van der Waals surface area contributed by atoms with Crippen molar-refractivity contribution in [3.8, 4) is 0 Å². The van der Waals surface area contributed by atoms with Gasteiger partial charge in [-0.05, 0) is 24.4 Å². The summed E-state index contributed by atoms with van der Waals surface area (Å²) < 4.78 is 13.1. The van der Waals surface area contributed by atoms with E-state index >= 15 is 0 Å². The zero-order valence-electron chi connectivity index (χ0n) is 9.94. The molecule has 0 aliphatic carbocycles. The Bertz CT molecular complexity index is 367. The third-order valence-corrected chi connectivity index (χ3v) is 4.23. The Balaban J connectivity index is 2.65. The molecule has 2 atom stereocenters. The highest BCUT2D eigenvalue weighted by molar-refractivity contribution is 7.84. The average Bonchev–Trinajstić information content (AvgIpc) is 2.57. The molecule has 6 heteroatoms. The Morgan fingerprint density at radius 3 is 2.75 bits per heavy atom. The molecular formula is C10H18ClN3OS. The average molecular weight is 264 g/mol. The molecule has 1 aromatic rings. The summed E-state index contributed by atoms with van der Waals surface area (Å²) in [5.74, 6) is 0.918. The number of aryl methyl sites for hydroxylation is 1. The zero-order chi connectivity index (χ0) is 12.1. The molecule has 4 nitrogen and oxygen atoms in total. The fourth-order valence-corrected chi connectivity index (χ4v) is 2.08. The van der Waals surface area contributed by atoms with Gasteiger partial charge in [0.05, 0.1) is 0 Å². The lowest BCUT2D eigenvalue weighted by atomic mass is 10.3. The van der Waals surface area contributed by atoms with Gasteiger partial charge in [-0.15, -0.1) is 10.2 Å². The van der Waals surface area contributed by atoms with Crippen LogP contribution in [0.25, 0.3) is 0 Å². The predicted octanol–water partition coefficient (Wildman–Crippen LogP) is 2.04. The molecule has 0 spiro atoms. The molecule has 0 aliphatic heterocycles. The van der Waals surface area contributed by atoms with E-state index in [0.717, 1.165) is 31.6 Å². The minimum absolute atomic E-state index is 0.174. The molecule has 0 N–H and O–H groups in total. The number of rotatable bonds is 6. The Morgan fingerprint density at radius 1 is 1.50 bits per heavy atom. The third-order valence-electron chi connectivity index (χ3n) is 2.58. The van der Waals surface area contributed by atoms with Gasteiger partial charge in [-0.25, -0.2) is 0 Å². The zero-order valence-corrected chi connectivity index (χ0v) is 11.5. The van der Waals surface area contributed by atoms with Gasteiger partial charge in [-0.2, -0.15) is 0 Å². The molecular weight excluding hydrogens is 246 g/mol. The lowest BCUT2D eigenvalue weighted by molar-refractivity contribution is 0.593. The van der Waals surface area contributed by atoms with Gasteiger partial charge in [0.25, 0.3) is 0 Å². The van der Waals surface area contributed by atoms with Crippen LogP contribution in [0.4, 0.5) is 0 Å². The molecule has 92 valence electrons. The van der Waals surface area contributed by atoms with Gasteiger partial charge in [0.1, 0.15) is 5.82 Å². The molecule has 2 unspecified atom stereocenters. The highest BCUT2D eigenvalue weighted by Crippen LogP contribution is 2.12. The van der Waals surface area contributed by atoms with Crippen LogP contribution in [0, 0.1) is 0 Å². The third kappa shape index (κ3) is 3.56. The van der Waals surface area contributed by atoms with Crippen LogP contribution in [0.15, 0.2) is 0 Å². The summed E-state index contributed by atoms with van der Waals surface area (Å²) in [6.07, 6.45) is 4.45. The first-order valence-corrected chi connectivity index (χ1v) is 7.46. The van der Waals surface area contributed by atoms with Gasteiger partial charge in [0.15, 0.2) is 0 Å². The van der Waals surface area contributed by atoms with Crippen molar-refractivity contribution >= 4 is 22.4 Å². The number of hydrogen-bond acceptors (Lipinski definition) is 3. The van der Waals surface area contributed by atoms with Crippen LogP contribution in [0.1, 0.15) is 32.5 Å². The first kappa shape index (κ1) is 13.6. The van der Waals surface area contributed by atoms with E-state index in [1.165, 1.54) is 0 Å². The highest BCUT2D eigenvalue weighted by Gasteiger charge is 2.12. The molecule has 16 heavy (non-hydrogen) atoms. The Hall–Kier alpha value is -0.420. The van der Waals surface area contributed by atoms with Crippen molar-refractivity contribution in [3.63, 3.8) is 0 Å². The number of aromatic nitrogens is 3. The van der Waals surface area contributed by atoms with Crippen LogP contribution in [-0.4, -0.2) is 30.5 Å². The lowest BCUT2D eigenvalue weighted by Gasteiger charge is -2.10. The first-order chi connectivity index (χ1) is 7.56. The van der Waals surface area contributed by atoms with E-state index in [1.807, 2.05) is 11.5 Å². The minimum atomic E-state index is -0.786. The van der Waals surface area contributed by atoms with Gasteiger partial charge in [0, 0.05) is 35.3 Å². The van der Waals surface area contributed by atoms with Gasteiger partial charge in [-0.3, -0.25) is 4.21 Å². The number of hydrogen-bond donors (Lipinski definition) is 0. The van der Waals surface area contributed by atoms with Gasteiger partial charge >= 0.3 is 0 Å². The molecule has 1 rings (SSSR count). The van der Waals surface area contributed by atoms with Gasteiger partial charge in [0.2, 0.25) is 5.28 Å². The van der Waals surface area contributed by atoms with E-state index in [2.05, 4.69) is 17.1 Å². The molecule has 0 saturated carbocycles. The van der Waals surface area contributed by atoms with Crippen molar-refractivity contribution in [2.75, 3.05) is 6.26 Å². The fourth-order valence-electron chi connectivity index (χ4n) is 1.42. The van der Waals surface area contributed by atoms with Crippen molar-refractivity contribution in [2.45, 2.75) is 44.9 Å². The largest absolute Gasteiger partial charge is 0.302 e. The van der Waals surface area contributed by atoms with Crippen LogP contribution in [0.3, 0.4) is 0 Å². The second kappa shape index (κ2) is 6.35. The highest BCUT2D eigenvalue weighted by atomic mass is 35.5. The summed E-state index contributed by atoms with van der Waals surface area (Å²) in [7, 11) is -0.786. The summed E-state index contributed by atoms with van der Waals surface area (Å²) >= 11 is 5.96. The second-order valence-corrected chi connectivity index (χ2v) is 6.02. The van der Waals surface area contributed by atoms with Crippen molar-refractivity contribution in [1.29, 1.82) is 0 Å². The summed E-state index contributed by atoms with van der Waals surface area (Å²) in [5, 5.41) is 8.50. The Labute approximate surface area is 104 Å². The SMILES string of the molecule is CCCc1nnc(Cl)n1CCC(C)S(C)=O. The summed E-state index contributed by atoms with van der Waals surface area (Å²) in [4.78, 5) is 0. The fraction of sp³-hybridized carbons (Fsp3) is 0.800. The quantitative estimate of drug-likeness (QED) is 0.789. The Kier molecular flexibility index (Phi) is 5.41. The Morgan fingerprint density at radius 2 is 2.19 bits per heavy atom. The van der Waals surface area contributed by atoms with Crippen LogP contribution in [0.5, 0.6) is 0 Å². The van der Waals surface area contributed by atoms with Crippen LogP contribution in [-0.2, 0) is 23.8 Å². The molecule has 1 aromatic heterocycles. The molecule has 0 aromatic carbocycles. The molecule has 0 aliphatic rings. The molecule has 0 radical (unpaired) electrons. The maximum atomic E-state index is 11.2. The van der Waals surface area contributed by atoms with E-state index in [9.17, 15) is 4.21 Å². The maximum absolute atomic E-state index is 11.2. The van der Waals surface area contributed by atoms with Crippen molar-refractivity contribution in [1.82, 2.24) is 14.8 Å². The van der Waals surface area contributed by atoms with Crippen molar-refractivity contribution < 1.29 is 4.21 Å². The van der Waals surface area contributed by atoms with Gasteiger partial charge in [-0.1, -0.05) is 13.8 Å². The van der Waals surface area contributed by atoms with E-state index in [1.54, 1.807) is 6.26 Å². The molecule has 0 fully saturated rings. The topological polar surface area (TPSA) is 47.8 Å². The maximum Gasteiger partial charge on any atom is 0.225 e.